The van der Waals surface area contributed by atoms with Crippen LogP contribution < -0.4 is 10.1 Å². The molecule has 0 saturated heterocycles. The molecule has 0 aliphatic carbocycles. The van der Waals surface area contributed by atoms with E-state index < -0.39 is 6.04 Å². The maximum atomic E-state index is 13.6. The first-order valence-corrected chi connectivity index (χ1v) is 13.3. The van der Waals surface area contributed by atoms with Gasteiger partial charge in [0.15, 0.2) is 0 Å². The van der Waals surface area contributed by atoms with E-state index in [4.69, 9.17) is 27.9 Å². The Morgan fingerprint density at radius 2 is 1.49 bits per heavy atom. The minimum absolute atomic E-state index is 0.102. The molecule has 7 heteroatoms. The molecular formula is C30H34Cl2N2O3. The molecule has 1 N–H and O–H groups in total. The molecule has 5 nitrogen and oxygen atoms in total. The molecule has 0 saturated carbocycles. The number of benzene rings is 3. The van der Waals surface area contributed by atoms with E-state index in [1.807, 2.05) is 56.3 Å². The summed E-state index contributed by atoms with van der Waals surface area (Å²) in [5.74, 6) is 0.740. The molecule has 0 radical (unpaired) electrons. The minimum Gasteiger partial charge on any atom is -0.494 e. The normalized spacial score (nSPS) is 11.7. The van der Waals surface area contributed by atoms with Crippen molar-refractivity contribution in [3.05, 3.63) is 100 Å². The fourth-order valence-electron chi connectivity index (χ4n) is 3.85. The Balaban J connectivity index is 1.77. The van der Waals surface area contributed by atoms with Crippen molar-refractivity contribution in [1.29, 1.82) is 0 Å². The molecule has 2 amide bonds. The van der Waals surface area contributed by atoms with Crippen LogP contribution in [0.3, 0.4) is 0 Å². The number of rotatable bonds is 13. The number of carbonyl (C=O) groups is 2. The molecule has 196 valence electrons. The highest BCUT2D eigenvalue weighted by Crippen LogP contribution is 2.19. The topological polar surface area (TPSA) is 58.6 Å². The Morgan fingerprint density at radius 1 is 0.865 bits per heavy atom. The van der Waals surface area contributed by atoms with Gasteiger partial charge in [-0.15, -0.1) is 0 Å². The first-order valence-electron chi connectivity index (χ1n) is 12.6. The van der Waals surface area contributed by atoms with E-state index in [0.717, 1.165) is 11.1 Å². The third kappa shape index (κ3) is 9.75. The highest BCUT2D eigenvalue weighted by atomic mass is 35.5. The molecule has 37 heavy (non-hydrogen) atoms. The van der Waals surface area contributed by atoms with Gasteiger partial charge in [-0.25, -0.2) is 0 Å². The zero-order valence-corrected chi connectivity index (χ0v) is 22.8. The average molecular weight is 542 g/mol. The lowest BCUT2D eigenvalue weighted by molar-refractivity contribution is -0.141. The van der Waals surface area contributed by atoms with Gasteiger partial charge in [-0.3, -0.25) is 9.59 Å². The predicted molar refractivity (Wildman–Crippen MR) is 150 cm³/mol. The van der Waals surface area contributed by atoms with Crippen LogP contribution in [0.1, 0.15) is 37.8 Å². The number of amides is 2. The SMILES string of the molecule is CC(C)CNC(=O)C(Cc1ccccc1)N(Cc1ccc(Cl)cc1)C(=O)CCCOc1ccc(Cl)cc1. The van der Waals surface area contributed by atoms with Crippen molar-refractivity contribution in [3.8, 4) is 5.75 Å². The third-order valence-corrected chi connectivity index (χ3v) is 6.34. The average Bonchev–Trinajstić information content (AvgIpc) is 2.89. The first kappa shape index (κ1) is 28.5. The van der Waals surface area contributed by atoms with Gasteiger partial charge in [-0.2, -0.15) is 0 Å². The second kappa shape index (κ2) is 14.7. The molecule has 0 heterocycles. The van der Waals surface area contributed by atoms with E-state index in [0.29, 0.717) is 54.3 Å². The summed E-state index contributed by atoms with van der Waals surface area (Å²) in [7, 11) is 0. The number of ether oxygens (including phenoxy) is 1. The number of halogens is 2. The summed E-state index contributed by atoms with van der Waals surface area (Å²) in [5.41, 5.74) is 1.90. The lowest BCUT2D eigenvalue weighted by Gasteiger charge is -2.32. The molecule has 0 aliphatic rings. The van der Waals surface area contributed by atoms with Crippen LogP contribution in [0.15, 0.2) is 78.9 Å². The lowest BCUT2D eigenvalue weighted by atomic mass is 10.0. The van der Waals surface area contributed by atoms with E-state index in [1.54, 1.807) is 41.3 Å². The van der Waals surface area contributed by atoms with E-state index >= 15 is 0 Å². The van der Waals surface area contributed by atoms with Crippen LogP contribution in [0.4, 0.5) is 0 Å². The Bertz CT molecular complexity index is 1120. The summed E-state index contributed by atoms with van der Waals surface area (Å²) in [6.07, 6.45) is 1.19. The quantitative estimate of drug-likeness (QED) is 0.249. The molecule has 3 rings (SSSR count). The van der Waals surface area contributed by atoms with Crippen LogP contribution in [-0.4, -0.2) is 35.9 Å². The highest BCUT2D eigenvalue weighted by Gasteiger charge is 2.30. The molecule has 1 unspecified atom stereocenters. The van der Waals surface area contributed by atoms with Crippen molar-refractivity contribution in [2.75, 3.05) is 13.2 Å². The van der Waals surface area contributed by atoms with Gasteiger partial charge in [0, 0.05) is 36.0 Å². The summed E-state index contributed by atoms with van der Waals surface area (Å²) < 4.78 is 5.77. The second-order valence-electron chi connectivity index (χ2n) is 9.40. The van der Waals surface area contributed by atoms with Gasteiger partial charge in [0.1, 0.15) is 11.8 Å². The Morgan fingerprint density at radius 3 is 2.11 bits per heavy atom. The molecule has 0 fully saturated rings. The van der Waals surface area contributed by atoms with Crippen LogP contribution in [-0.2, 0) is 22.6 Å². The zero-order valence-electron chi connectivity index (χ0n) is 21.3. The van der Waals surface area contributed by atoms with Crippen molar-refractivity contribution in [3.63, 3.8) is 0 Å². The molecule has 0 aromatic heterocycles. The number of nitrogens with zero attached hydrogens (tertiary/aromatic N) is 1. The van der Waals surface area contributed by atoms with Crippen LogP contribution in [0.2, 0.25) is 10.0 Å². The first-order chi connectivity index (χ1) is 17.8. The van der Waals surface area contributed by atoms with E-state index in [2.05, 4.69) is 5.32 Å². The summed E-state index contributed by atoms with van der Waals surface area (Å²) in [4.78, 5) is 28.7. The monoisotopic (exact) mass is 540 g/mol. The van der Waals surface area contributed by atoms with Crippen molar-refractivity contribution >= 4 is 35.0 Å². The van der Waals surface area contributed by atoms with Crippen LogP contribution in [0.25, 0.3) is 0 Å². The van der Waals surface area contributed by atoms with Crippen LogP contribution in [0, 0.1) is 5.92 Å². The summed E-state index contributed by atoms with van der Waals surface area (Å²) in [6.45, 7) is 5.32. The fourth-order valence-corrected chi connectivity index (χ4v) is 4.10. The van der Waals surface area contributed by atoms with Gasteiger partial charge in [-0.05, 0) is 59.9 Å². The van der Waals surface area contributed by atoms with Gasteiger partial charge in [0.2, 0.25) is 11.8 Å². The van der Waals surface area contributed by atoms with Gasteiger partial charge < -0.3 is 15.0 Å². The minimum atomic E-state index is -0.651. The largest absolute Gasteiger partial charge is 0.494 e. The smallest absolute Gasteiger partial charge is 0.243 e. The zero-order chi connectivity index (χ0) is 26.6. The van der Waals surface area contributed by atoms with E-state index in [1.165, 1.54) is 0 Å². The predicted octanol–water partition coefficient (Wildman–Crippen LogP) is 6.56. The van der Waals surface area contributed by atoms with Gasteiger partial charge in [-0.1, -0.05) is 79.5 Å². The Labute approximate surface area is 229 Å². The Hall–Kier alpha value is -3.02. The standard InChI is InChI=1S/C30H34Cl2N2O3/c1-22(2)20-33-30(36)28(19-23-7-4-3-5-8-23)34(21-24-10-12-25(31)13-11-24)29(35)9-6-18-37-27-16-14-26(32)15-17-27/h3-5,7-8,10-17,22,28H,6,9,18-21H2,1-2H3,(H,33,36). The number of hydrogen-bond donors (Lipinski definition) is 1. The van der Waals surface area contributed by atoms with E-state index in [-0.39, 0.29) is 18.2 Å². The summed E-state index contributed by atoms with van der Waals surface area (Å²) in [6, 6.07) is 23.6. The third-order valence-electron chi connectivity index (χ3n) is 5.84. The van der Waals surface area contributed by atoms with Gasteiger partial charge >= 0.3 is 0 Å². The molecule has 3 aromatic rings. The lowest BCUT2D eigenvalue weighted by Crippen LogP contribution is -2.51. The molecule has 1 atom stereocenters. The molecular weight excluding hydrogens is 507 g/mol. The summed E-state index contributed by atoms with van der Waals surface area (Å²) in [5, 5.41) is 4.30. The van der Waals surface area contributed by atoms with Crippen LogP contribution in [0.5, 0.6) is 5.75 Å². The number of carbonyl (C=O) groups excluding carboxylic acids is 2. The molecule has 0 aliphatic heterocycles. The maximum Gasteiger partial charge on any atom is 0.243 e. The molecule has 0 bridgehead atoms. The molecule has 0 spiro atoms. The number of nitrogens with one attached hydrogen (secondary N) is 1. The molecule has 3 aromatic carbocycles. The highest BCUT2D eigenvalue weighted by molar-refractivity contribution is 6.30. The van der Waals surface area contributed by atoms with Gasteiger partial charge in [0.05, 0.1) is 6.61 Å². The number of hydrogen-bond acceptors (Lipinski definition) is 3. The van der Waals surface area contributed by atoms with Crippen molar-refractivity contribution in [1.82, 2.24) is 10.2 Å². The van der Waals surface area contributed by atoms with Crippen molar-refractivity contribution in [2.24, 2.45) is 5.92 Å². The maximum absolute atomic E-state index is 13.6. The fraction of sp³-hybridized carbons (Fsp3) is 0.333. The van der Waals surface area contributed by atoms with Crippen molar-refractivity contribution in [2.45, 2.75) is 45.7 Å². The van der Waals surface area contributed by atoms with Crippen LogP contribution >= 0.6 is 23.2 Å². The Kier molecular flexibility index (Phi) is 11.3. The van der Waals surface area contributed by atoms with E-state index in [9.17, 15) is 9.59 Å². The second-order valence-corrected chi connectivity index (χ2v) is 10.3. The summed E-state index contributed by atoms with van der Waals surface area (Å²) >= 11 is 12.0. The van der Waals surface area contributed by atoms with Gasteiger partial charge in [0.25, 0.3) is 0 Å². The van der Waals surface area contributed by atoms with Crippen molar-refractivity contribution < 1.29 is 14.3 Å².